The van der Waals surface area contributed by atoms with Crippen molar-refractivity contribution < 1.29 is 22.6 Å². The fourth-order valence-electron chi connectivity index (χ4n) is 2.42. The fraction of sp³-hybridized carbons (Fsp3) is 0.125. The first-order chi connectivity index (χ1) is 11.8. The van der Waals surface area contributed by atoms with E-state index in [-0.39, 0.29) is 34.3 Å². The highest BCUT2D eigenvalue weighted by Crippen LogP contribution is 2.36. The third-order valence-electron chi connectivity index (χ3n) is 3.51. The lowest BCUT2D eigenvalue weighted by atomic mass is 10.1. The molecule has 0 saturated carbocycles. The third kappa shape index (κ3) is 3.69. The Morgan fingerprint density at radius 1 is 0.920 bits per heavy atom. The van der Waals surface area contributed by atoms with E-state index in [1.165, 1.54) is 30.0 Å². The van der Waals surface area contributed by atoms with Gasteiger partial charge in [-0.3, -0.25) is 13.8 Å². The number of ketones is 2. The van der Waals surface area contributed by atoms with Crippen LogP contribution in [-0.2, 0) is 10.8 Å². The van der Waals surface area contributed by atoms with Gasteiger partial charge in [0, 0.05) is 12.0 Å². The van der Waals surface area contributed by atoms with E-state index < -0.39 is 16.6 Å². The van der Waals surface area contributed by atoms with Gasteiger partial charge in [0.2, 0.25) is 0 Å². The molecule has 1 unspecified atom stereocenters. The van der Waals surface area contributed by atoms with E-state index in [1.807, 2.05) is 22.6 Å². The van der Waals surface area contributed by atoms with Crippen LogP contribution in [0.3, 0.4) is 0 Å². The van der Waals surface area contributed by atoms with Gasteiger partial charge in [0.25, 0.3) is 0 Å². The van der Waals surface area contributed by atoms with Crippen LogP contribution in [-0.4, -0.2) is 27.3 Å². The first-order valence-electron chi connectivity index (χ1n) is 6.84. The molecule has 0 aromatic heterocycles. The van der Waals surface area contributed by atoms with Crippen LogP contribution in [0.4, 0.5) is 8.78 Å². The number of carbonyl (C=O) groups excluding carboxylic acids is 2. The molecule has 2 heterocycles. The van der Waals surface area contributed by atoms with Crippen molar-refractivity contribution in [2.24, 2.45) is 0 Å². The standard InChI is InChI=1S/C8H4FIO2S.C8H4FIOS/c9-4-1-2-5(10)8-7(4)6(11)3-13(8)12;9-4-1-2-5(10)8-7(4)6(11)3-12-8/h1-2H,3H2;1-2H,3H2. The molecule has 4 rings (SSSR count). The zero-order valence-corrected chi connectivity index (χ0v) is 18.2. The molecule has 0 radical (unpaired) electrons. The smallest absolute Gasteiger partial charge is 0.179 e. The van der Waals surface area contributed by atoms with Gasteiger partial charge in [-0.05, 0) is 69.4 Å². The van der Waals surface area contributed by atoms with Crippen molar-refractivity contribution in [1.82, 2.24) is 0 Å². The van der Waals surface area contributed by atoms with Crippen molar-refractivity contribution in [3.8, 4) is 0 Å². The highest BCUT2D eigenvalue weighted by Gasteiger charge is 2.31. The van der Waals surface area contributed by atoms with Crippen molar-refractivity contribution in [2.75, 3.05) is 11.5 Å². The van der Waals surface area contributed by atoms with Crippen LogP contribution >= 0.6 is 56.9 Å². The Kier molecular flexibility index (Phi) is 5.95. The van der Waals surface area contributed by atoms with E-state index >= 15 is 0 Å². The zero-order chi connectivity index (χ0) is 18.3. The highest BCUT2D eigenvalue weighted by molar-refractivity contribution is 14.1. The number of rotatable bonds is 0. The quantitative estimate of drug-likeness (QED) is 0.418. The fourth-order valence-corrected chi connectivity index (χ4v) is 6.76. The van der Waals surface area contributed by atoms with Crippen LogP contribution in [0.25, 0.3) is 0 Å². The van der Waals surface area contributed by atoms with Crippen molar-refractivity contribution in [3.05, 3.63) is 54.2 Å². The minimum absolute atomic E-state index is 0.0187. The van der Waals surface area contributed by atoms with Crippen LogP contribution < -0.4 is 0 Å². The first-order valence-corrected chi connectivity index (χ1v) is 11.3. The molecule has 2 aromatic carbocycles. The molecule has 0 amide bonds. The van der Waals surface area contributed by atoms with Crippen molar-refractivity contribution in [1.29, 1.82) is 0 Å². The summed E-state index contributed by atoms with van der Waals surface area (Å²) in [5, 5.41) is 0. The van der Waals surface area contributed by atoms with Gasteiger partial charge in [-0.15, -0.1) is 11.8 Å². The molecule has 3 nitrogen and oxygen atoms in total. The van der Waals surface area contributed by atoms with E-state index in [0.717, 1.165) is 8.47 Å². The Hall–Kier alpha value is -0.400. The summed E-state index contributed by atoms with van der Waals surface area (Å²) < 4.78 is 39.2. The van der Waals surface area contributed by atoms with Gasteiger partial charge in [0.1, 0.15) is 11.6 Å². The zero-order valence-electron chi connectivity index (χ0n) is 12.3. The van der Waals surface area contributed by atoms with Gasteiger partial charge in [-0.1, -0.05) is 0 Å². The minimum Gasteiger partial charge on any atom is -0.293 e. The molecule has 0 aliphatic carbocycles. The average molecular weight is 604 g/mol. The van der Waals surface area contributed by atoms with Gasteiger partial charge in [0.05, 0.1) is 38.3 Å². The highest BCUT2D eigenvalue weighted by atomic mass is 127. The lowest BCUT2D eigenvalue weighted by molar-refractivity contribution is 0.101. The number of benzene rings is 2. The van der Waals surface area contributed by atoms with Crippen LogP contribution in [0.1, 0.15) is 20.7 Å². The topological polar surface area (TPSA) is 51.2 Å². The van der Waals surface area contributed by atoms with Crippen LogP contribution in [0, 0.1) is 18.8 Å². The molecule has 2 aromatic rings. The monoisotopic (exact) mass is 604 g/mol. The molecule has 0 bridgehead atoms. The van der Waals surface area contributed by atoms with E-state index in [0.29, 0.717) is 14.2 Å². The number of carbonyl (C=O) groups is 2. The predicted molar refractivity (Wildman–Crippen MR) is 109 cm³/mol. The molecule has 25 heavy (non-hydrogen) atoms. The molecule has 2 aliphatic heterocycles. The Morgan fingerprint density at radius 2 is 1.52 bits per heavy atom. The Labute approximate surface area is 176 Å². The molecule has 0 N–H and O–H groups in total. The maximum Gasteiger partial charge on any atom is 0.179 e. The maximum absolute atomic E-state index is 13.1. The summed E-state index contributed by atoms with van der Waals surface area (Å²) in [5.74, 6) is -1.10. The molecule has 0 spiro atoms. The van der Waals surface area contributed by atoms with Crippen LogP contribution in [0.5, 0.6) is 0 Å². The van der Waals surface area contributed by atoms with Crippen molar-refractivity contribution >= 4 is 79.3 Å². The SMILES string of the molecule is O=C1CS(=O)c2c(I)ccc(F)c21.O=C1CSc2c(I)ccc(F)c21. The van der Waals surface area contributed by atoms with E-state index in [2.05, 4.69) is 22.6 Å². The number of hydrogen-bond donors (Lipinski definition) is 0. The summed E-state index contributed by atoms with van der Waals surface area (Å²) >= 11 is 5.49. The van der Waals surface area contributed by atoms with Crippen molar-refractivity contribution in [3.63, 3.8) is 0 Å². The van der Waals surface area contributed by atoms with Gasteiger partial charge >= 0.3 is 0 Å². The lowest BCUT2D eigenvalue weighted by Gasteiger charge is -1.99. The molecule has 9 heteroatoms. The van der Waals surface area contributed by atoms with Gasteiger partial charge in [-0.2, -0.15) is 0 Å². The second-order valence-electron chi connectivity index (χ2n) is 5.09. The largest absolute Gasteiger partial charge is 0.293 e. The number of halogens is 4. The molecular formula is C16H8F2I2O3S2. The van der Waals surface area contributed by atoms with E-state index in [4.69, 9.17) is 0 Å². The first kappa shape index (κ1) is 19.4. The summed E-state index contributed by atoms with van der Waals surface area (Å²) in [6, 6.07) is 5.82. The van der Waals surface area contributed by atoms with Crippen molar-refractivity contribution in [2.45, 2.75) is 9.79 Å². The normalized spacial score (nSPS) is 17.8. The second kappa shape index (κ2) is 7.69. The van der Waals surface area contributed by atoms with E-state index in [1.54, 1.807) is 6.07 Å². The van der Waals surface area contributed by atoms with Crippen LogP contribution in [0.2, 0.25) is 0 Å². The number of fused-ring (bicyclic) bond motifs is 2. The maximum atomic E-state index is 13.1. The number of hydrogen-bond acceptors (Lipinski definition) is 4. The second-order valence-corrected chi connectivity index (χ2v) is 9.79. The Bertz CT molecular complexity index is 908. The molecular weight excluding hydrogens is 596 g/mol. The summed E-state index contributed by atoms with van der Waals surface area (Å²) in [5.41, 5.74) is 0.303. The number of thioether (sulfide) groups is 1. The molecule has 0 fully saturated rings. The van der Waals surface area contributed by atoms with Gasteiger partial charge in [-0.25, -0.2) is 8.78 Å². The summed E-state index contributed by atoms with van der Waals surface area (Å²) in [4.78, 5) is 23.6. The van der Waals surface area contributed by atoms with Crippen LogP contribution in [0.15, 0.2) is 34.1 Å². The molecule has 2 aliphatic rings. The Balaban J connectivity index is 0.000000146. The average Bonchev–Trinajstić information content (AvgIpc) is 3.09. The number of Topliss-reactive ketones (excluding diaryl/α,β-unsaturated/α-hetero) is 2. The predicted octanol–water partition coefficient (Wildman–Crippen LogP) is 4.45. The summed E-state index contributed by atoms with van der Waals surface area (Å²) in [7, 11) is -1.35. The lowest BCUT2D eigenvalue weighted by Crippen LogP contribution is -1.99. The Morgan fingerprint density at radius 3 is 2.12 bits per heavy atom. The summed E-state index contributed by atoms with van der Waals surface area (Å²) in [6.45, 7) is 0. The van der Waals surface area contributed by atoms with Gasteiger partial charge in [0.15, 0.2) is 11.6 Å². The molecule has 1 atom stereocenters. The minimum atomic E-state index is -1.35. The summed E-state index contributed by atoms with van der Waals surface area (Å²) in [6.07, 6.45) is 0. The molecule has 130 valence electrons. The molecule has 0 saturated heterocycles. The van der Waals surface area contributed by atoms with E-state index in [9.17, 15) is 22.6 Å². The third-order valence-corrected chi connectivity index (χ3v) is 8.57. The van der Waals surface area contributed by atoms with Gasteiger partial charge < -0.3 is 0 Å².